The molecule has 0 radical (unpaired) electrons. The Bertz CT molecular complexity index is 646. The van der Waals surface area contributed by atoms with E-state index in [-0.39, 0.29) is 12.1 Å². The predicted molar refractivity (Wildman–Crippen MR) is 73.1 cm³/mol. The standard InChI is InChI=1S/C15H13FN2O3/c16-13-8-4-7-11(17-13)15(21)18-12(9-14(19)20)10-5-2-1-3-6-10/h1-8,12H,9H2,(H,18,21)(H,19,20)/t12-/m0/s1. The molecular formula is C15H13FN2O3. The van der Waals surface area contributed by atoms with Gasteiger partial charge in [0.05, 0.1) is 12.5 Å². The normalized spacial score (nSPS) is 11.7. The fourth-order valence-electron chi connectivity index (χ4n) is 1.88. The number of benzene rings is 1. The summed E-state index contributed by atoms with van der Waals surface area (Å²) in [5, 5.41) is 11.5. The van der Waals surface area contributed by atoms with Crippen molar-refractivity contribution in [2.24, 2.45) is 0 Å². The Hall–Kier alpha value is -2.76. The molecule has 1 amide bonds. The first-order valence-electron chi connectivity index (χ1n) is 6.26. The molecule has 2 aromatic rings. The molecule has 0 aliphatic rings. The van der Waals surface area contributed by atoms with Gasteiger partial charge >= 0.3 is 5.97 Å². The molecule has 6 heteroatoms. The smallest absolute Gasteiger partial charge is 0.305 e. The Morgan fingerprint density at radius 2 is 1.86 bits per heavy atom. The molecule has 1 aromatic heterocycles. The van der Waals surface area contributed by atoms with Crippen LogP contribution in [0.15, 0.2) is 48.5 Å². The van der Waals surface area contributed by atoms with E-state index in [0.717, 1.165) is 6.07 Å². The van der Waals surface area contributed by atoms with E-state index in [1.807, 2.05) is 0 Å². The fraction of sp³-hybridized carbons (Fsp3) is 0.133. The molecule has 0 saturated carbocycles. The lowest BCUT2D eigenvalue weighted by Gasteiger charge is -2.17. The Kier molecular flexibility index (Phi) is 4.61. The summed E-state index contributed by atoms with van der Waals surface area (Å²) in [6.45, 7) is 0. The summed E-state index contributed by atoms with van der Waals surface area (Å²) in [5.74, 6) is -2.43. The highest BCUT2D eigenvalue weighted by Gasteiger charge is 2.19. The number of aliphatic carboxylic acids is 1. The summed E-state index contributed by atoms with van der Waals surface area (Å²) >= 11 is 0. The number of amides is 1. The Balaban J connectivity index is 2.19. The highest BCUT2D eigenvalue weighted by atomic mass is 19.1. The van der Waals surface area contributed by atoms with Crippen molar-refractivity contribution >= 4 is 11.9 Å². The van der Waals surface area contributed by atoms with Crippen LogP contribution >= 0.6 is 0 Å². The van der Waals surface area contributed by atoms with Crippen molar-refractivity contribution in [2.75, 3.05) is 0 Å². The molecule has 0 aliphatic carbocycles. The quantitative estimate of drug-likeness (QED) is 0.826. The van der Waals surface area contributed by atoms with Crippen molar-refractivity contribution in [1.82, 2.24) is 10.3 Å². The van der Waals surface area contributed by atoms with Gasteiger partial charge < -0.3 is 10.4 Å². The number of nitrogens with zero attached hydrogens (tertiary/aromatic N) is 1. The number of carboxylic acid groups (broad SMARTS) is 1. The maximum Gasteiger partial charge on any atom is 0.305 e. The van der Waals surface area contributed by atoms with Crippen molar-refractivity contribution in [1.29, 1.82) is 0 Å². The largest absolute Gasteiger partial charge is 0.481 e. The van der Waals surface area contributed by atoms with Crippen LogP contribution in [0, 0.1) is 5.95 Å². The number of nitrogens with one attached hydrogen (secondary N) is 1. The molecule has 0 spiro atoms. The number of pyridine rings is 1. The summed E-state index contributed by atoms with van der Waals surface area (Å²) in [6.07, 6.45) is -0.273. The van der Waals surface area contributed by atoms with Crippen LogP contribution in [0.25, 0.3) is 0 Å². The van der Waals surface area contributed by atoms with Gasteiger partial charge in [-0.15, -0.1) is 0 Å². The number of rotatable bonds is 5. The van der Waals surface area contributed by atoms with Crippen LogP contribution in [-0.2, 0) is 4.79 Å². The average molecular weight is 288 g/mol. The van der Waals surface area contributed by atoms with Gasteiger partial charge in [-0.1, -0.05) is 36.4 Å². The van der Waals surface area contributed by atoms with Crippen LogP contribution in [0.2, 0.25) is 0 Å². The van der Waals surface area contributed by atoms with Gasteiger partial charge in [-0.25, -0.2) is 4.98 Å². The van der Waals surface area contributed by atoms with Crippen molar-refractivity contribution < 1.29 is 19.1 Å². The number of carboxylic acids is 1. The third-order valence-electron chi connectivity index (χ3n) is 2.83. The van der Waals surface area contributed by atoms with Crippen LogP contribution in [0.5, 0.6) is 0 Å². The van der Waals surface area contributed by atoms with Gasteiger partial charge in [0.25, 0.3) is 5.91 Å². The topological polar surface area (TPSA) is 79.3 Å². The molecule has 1 heterocycles. The second-order valence-electron chi connectivity index (χ2n) is 4.38. The molecule has 2 N–H and O–H groups in total. The molecule has 0 unspecified atom stereocenters. The summed E-state index contributed by atoms with van der Waals surface area (Å²) < 4.78 is 13.0. The molecule has 21 heavy (non-hydrogen) atoms. The van der Waals surface area contributed by atoms with Gasteiger partial charge in [-0.05, 0) is 17.7 Å². The number of carbonyl (C=O) groups is 2. The van der Waals surface area contributed by atoms with Crippen LogP contribution in [-0.4, -0.2) is 22.0 Å². The third-order valence-corrected chi connectivity index (χ3v) is 2.83. The second-order valence-corrected chi connectivity index (χ2v) is 4.38. The van der Waals surface area contributed by atoms with E-state index in [0.29, 0.717) is 5.56 Å². The summed E-state index contributed by atoms with van der Waals surface area (Å²) in [6, 6.07) is 11.9. The van der Waals surface area contributed by atoms with Crippen LogP contribution in [0.3, 0.4) is 0 Å². The molecule has 1 aromatic carbocycles. The highest BCUT2D eigenvalue weighted by molar-refractivity contribution is 5.92. The lowest BCUT2D eigenvalue weighted by molar-refractivity contribution is -0.137. The van der Waals surface area contributed by atoms with Crippen molar-refractivity contribution in [2.45, 2.75) is 12.5 Å². The zero-order valence-electron chi connectivity index (χ0n) is 11.0. The van der Waals surface area contributed by atoms with E-state index in [9.17, 15) is 14.0 Å². The molecule has 2 rings (SSSR count). The zero-order chi connectivity index (χ0) is 15.2. The Morgan fingerprint density at radius 1 is 1.14 bits per heavy atom. The van der Waals surface area contributed by atoms with Crippen LogP contribution < -0.4 is 5.32 Å². The number of hydrogen-bond donors (Lipinski definition) is 2. The van der Waals surface area contributed by atoms with Gasteiger partial charge in [-0.2, -0.15) is 4.39 Å². The first kappa shape index (κ1) is 14.6. The first-order chi connectivity index (χ1) is 10.1. The van der Waals surface area contributed by atoms with E-state index in [1.165, 1.54) is 12.1 Å². The predicted octanol–water partition coefficient (Wildman–Crippen LogP) is 2.17. The highest BCUT2D eigenvalue weighted by Crippen LogP contribution is 2.17. The first-order valence-corrected chi connectivity index (χ1v) is 6.26. The number of carbonyl (C=O) groups excluding carboxylic acids is 1. The number of halogens is 1. The monoisotopic (exact) mass is 288 g/mol. The minimum Gasteiger partial charge on any atom is -0.481 e. The maximum atomic E-state index is 13.0. The molecule has 0 saturated heterocycles. The van der Waals surface area contributed by atoms with E-state index in [4.69, 9.17) is 5.11 Å². The van der Waals surface area contributed by atoms with E-state index >= 15 is 0 Å². The zero-order valence-corrected chi connectivity index (χ0v) is 11.0. The molecule has 0 fully saturated rings. The minimum absolute atomic E-state index is 0.0960. The van der Waals surface area contributed by atoms with E-state index in [1.54, 1.807) is 30.3 Å². The van der Waals surface area contributed by atoms with Gasteiger partial charge in [-0.3, -0.25) is 9.59 Å². The van der Waals surface area contributed by atoms with Crippen molar-refractivity contribution in [3.63, 3.8) is 0 Å². The summed E-state index contributed by atoms with van der Waals surface area (Å²) in [5.41, 5.74) is 0.561. The Labute approximate surface area is 120 Å². The number of aromatic nitrogens is 1. The van der Waals surface area contributed by atoms with Gasteiger partial charge in [0, 0.05) is 0 Å². The van der Waals surface area contributed by atoms with Crippen molar-refractivity contribution in [3.8, 4) is 0 Å². The third kappa shape index (κ3) is 4.10. The van der Waals surface area contributed by atoms with Crippen LogP contribution in [0.1, 0.15) is 28.5 Å². The number of hydrogen-bond acceptors (Lipinski definition) is 3. The Morgan fingerprint density at radius 3 is 2.48 bits per heavy atom. The fourth-order valence-corrected chi connectivity index (χ4v) is 1.88. The van der Waals surface area contributed by atoms with Gasteiger partial charge in [0.15, 0.2) is 0 Å². The lowest BCUT2D eigenvalue weighted by Crippen LogP contribution is -2.30. The van der Waals surface area contributed by atoms with E-state index < -0.39 is 23.9 Å². The molecule has 0 aliphatic heterocycles. The molecular weight excluding hydrogens is 275 g/mol. The summed E-state index contributed by atoms with van der Waals surface area (Å²) in [4.78, 5) is 26.4. The molecule has 1 atom stereocenters. The van der Waals surface area contributed by atoms with Gasteiger partial charge in [0.1, 0.15) is 5.69 Å². The lowest BCUT2D eigenvalue weighted by atomic mass is 10.0. The average Bonchev–Trinajstić information content (AvgIpc) is 2.47. The maximum absolute atomic E-state index is 13.0. The van der Waals surface area contributed by atoms with Crippen LogP contribution in [0.4, 0.5) is 4.39 Å². The molecule has 108 valence electrons. The van der Waals surface area contributed by atoms with Gasteiger partial charge in [0.2, 0.25) is 5.95 Å². The molecule has 0 bridgehead atoms. The van der Waals surface area contributed by atoms with E-state index in [2.05, 4.69) is 10.3 Å². The minimum atomic E-state index is -1.05. The summed E-state index contributed by atoms with van der Waals surface area (Å²) in [7, 11) is 0. The molecule has 5 nitrogen and oxygen atoms in total. The van der Waals surface area contributed by atoms with Crippen molar-refractivity contribution in [3.05, 3.63) is 65.7 Å². The second kappa shape index (κ2) is 6.60. The SMILES string of the molecule is O=C(O)C[C@H](NC(=O)c1cccc(F)n1)c1ccccc1.